The monoisotopic (exact) mass is 465 g/mol. The molecule has 0 saturated heterocycles. The van der Waals surface area contributed by atoms with Gasteiger partial charge in [-0.1, -0.05) is 44.2 Å². The predicted molar refractivity (Wildman–Crippen MR) is 139 cm³/mol. The average molecular weight is 466 g/mol. The topological polar surface area (TPSA) is 75.9 Å². The molecule has 0 aliphatic rings. The summed E-state index contributed by atoms with van der Waals surface area (Å²) in [5.41, 5.74) is 1.32. The molecule has 3 N–H and O–H groups in total. The Morgan fingerprint density at radius 2 is 1.65 bits per heavy atom. The second kappa shape index (κ2) is 14.7. The van der Waals surface area contributed by atoms with Gasteiger partial charge in [0.25, 0.3) is 0 Å². The van der Waals surface area contributed by atoms with Gasteiger partial charge in [-0.25, -0.2) is 9.97 Å². The summed E-state index contributed by atoms with van der Waals surface area (Å²) in [4.78, 5) is 20.6. The Morgan fingerprint density at radius 3 is 2.29 bits per heavy atom. The molecular weight excluding hydrogens is 422 g/mol. The van der Waals surface area contributed by atoms with Crippen molar-refractivity contribution in [3.8, 4) is 0 Å². The summed E-state index contributed by atoms with van der Waals surface area (Å²) in [5.74, 6) is 1.95. The summed E-state index contributed by atoms with van der Waals surface area (Å²) in [6, 6.07) is 11.2. The Morgan fingerprint density at radius 1 is 0.912 bits per heavy atom. The van der Waals surface area contributed by atoms with Crippen molar-refractivity contribution in [1.82, 2.24) is 35.1 Å². The minimum atomic E-state index is 0.143. The SMILES string of the molecule is CCCN(CCC)CCCCNC(CN(Cc1ncc[nH]1)C(C)c1ncc[nH]1)c1ccccc1. The minimum absolute atomic E-state index is 0.143. The van der Waals surface area contributed by atoms with Crippen molar-refractivity contribution in [1.29, 1.82) is 0 Å². The van der Waals surface area contributed by atoms with E-state index in [1.54, 1.807) is 0 Å². The summed E-state index contributed by atoms with van der Waals surface area (Å²) in [6.45, 7) is 13.0. The van der Waals surface area contributed by atoms with Crippen LogP contribution in [0.3, 0.4) is 0 Å². The van der Waals surface area contributed by atoms with Gasteiger partial charge in [-0.2, -0.15) is 0 Å². The number of aromatic amines is 2. The van der Waals surface area contributed by atoms with Gasteiger partial charge < -0.3 is 20.2 Å². The third-order valence-corrected chi connectivity index (χ3v) is 6.36. The van der Waals surface area contributed by atoms with E-state index in [1.165, 1.54) is 50.9 Å². The van der Waals surface area contributed by atoms with Crippen molar-refractivity contribution >= 4 is 0 Å². The highest BCUT2D eigenvalue weighted by Crippen LogP contribution is 2.23. The quantitative estimate of drug-likeness (QED) is 0.247. The standard InChI is InChI=1S/C27H43N7/c1-4-18-33(19-5-2)20-10-9-13-28-25(24-11-7-6-8-12-24)21-34(22-26-29-14-15-30-26)23(3)27-31-16-17-32-27/h6-8,11-12,14-17,23,25,28H,4-5,9-10,13,18-22H2,1-3H3,(H,29,30)(H,31,32). The number of hydrogen-bond donors (Lipinski definition) is 3. The Bertz CT molecular complexity index is 858. The molecule has 7 nitrogen and oxygen atoms in total. The highest BCUT2D eigenvalue weighted by Gasteiger charge is 2.23. The second-order valence-electron chi connectivity index (χ2n) is 9.08. The second-order valence-corrected chi connectivity index (χ2v) is 9.08. The molecule has 0 fully saturated rings. The average Bonchev–Trinajstić information content (AvgIpc) is 3.57. The van der Waals surface area contributed by atoms with Gasteiger partial charge in [-0.3, -0.25) is 4.90 Å². The van der Waals surface area contributed by atoms with E-state index in [0.717, 1.165) is 31.3 Å². The van der Waals surface area contributed by atoms with Crippen LogP contribution in [0.5, 0.6) is 0 Å². The van der Waals surface area contributed by atoms with Crippen LogP contribution in [-0.4, -0.2) is 62.5 Å². The number of hydrogen-bond acceptors (Lipinski definition) is 5. The fourth-order valence-electron chi connectivity index (χ4n) is 4.53. The van der Waals surface area contributed by atoms with E-state index in [0.29, 0.717) is 0 Å². The molecule has 0 aliphatic heterocycles. The molecule has 0 amide bonds. The van der Waals surface area contributed by atoms with Crippen LogP contribution in [0, 0.1) is 0 Å². The highest BCUT2D eigenvalue weighted by atomic mass is 15.2. The van der Waals surface area contributed by atoms with Gasteiger partial charge in [0, 0.05) is 37.4 Å². The molecular formula is C27H43N7. The molecule has 2 heterocycles. The molecule has 2 unspecified atom stereocenters. The van der Waals surface area contributed by atoms with Crippen LogP contribution in [0.15, 0.2) is 55.1 Å². The van der Waals surface area contributed by atoms with Gasteiger partial charge in [0.1, 0.15) is 11.6 Å². The van der Waals surface area contributed by atoms with E-state index in [-0.39, 0.29) is 12.1 Å². The van der Waals surface area contributed by atoms with Crippen molar-refractivity contribution in [2.45, 2.75) is 65.1 Å². The third-order valence-electron chi connectivity index (χ3n) is 6.36. The van der Waals surface area contributed by atoms with Crippen LogP contribution in [0.2, 0.25) is 0 Å². The first kappa shape index (κ1) is 26.1. The first-order valence-electron chi connectivity index (χ1n) is 12.9. The molecule has 2 atom stereocenters. The number of benzene rings is 1. The lowest BCUT2D eigenvalue weighted by atomic mass is 10.0. The van der Waals surface area contributed by atoms with Crippen LogP contribution in [0.4, 0.5) is 0 Å². The Kier molecular flexibility index (Phi) is 11.3. The van der Waals surface area contributed by atoms with Crippen LogP contribution < -0.4 is 5.32 Å². The lowest BCUT2D eigenvalue weighted by Crippen LogP contribution is -2.37. The summed E-state index contributed by atoms with van der Waals surface area (Å²) in [5, 5.41) is 3.86. The van der Waals surface area contributed by atoms with E-state index in [1.807, 2.05) is 24.8 Å². The zero-order valence-corrected chi connectivity index (χ0v) is 21.2. The molecule has 186 valence electrons. The van der Waals surface area contributed by atoms with Gasteiger partial charge in [-0.05, 0) is 64.3 Å². The molecule has 0 radical (unpaired) electrons. The van der Waals surface area contributed by atoms with E-state index in [2.05, 4.69) is 86.2 Å². The van der Waals surface area contributed by atoms with Gasteiger partial charge >= 0.3 is 0 Å². The molecule has 3 rings (SSSR count). The number of nitrogens with zero attached hydrogens (tertiary/aromatic N) is 4. The maximum Gasteiger partial charge on any atom is 0.123 e. The largest absolute Gasteiger partial charge is 0.348 e. The smallest absolute Gasteiger partial charge is 0.123 e. The molecule has 3 aromatic rings. The van der Waals surface area contributed by atoms with Crippen LogP contribution >= 0.6 is 0 Å². The van der Waals surface area contributed by atoms with Gasteiger partial charge in [0.15, 0.2) is 0 Å². The van der Waals surface area contributed by atoms with E-state index in [4.69, 9.17) is 0 Å². The molecule has 0 saturated carbocycles. The number of imidazole rings is 2. The van der Waals surface area contributed by atoms with Gasteiger partial charge in [0.2, 0.25) is 0 Å². The fraction of sp³-hybridized carbons (Fsp3) is 0.556. The molecule has 34 heavy (non-hydrogen) atoms. The predicted octanol–water partition coefficient (Wildman–Crippen LogP) is 4.93. The first-order valence-corrected chi connectivity index (χ1v) is 12.9. The lowest BCUT2D eigenvalue weighted by Gasteiger charge is -2.32. The van der Waals surface area contributed by atoms with Gasteiger partial charge in [-0.15, -0.1) is 0 Å². The lowest BCUT2D eigenvalue weighted by molar-refractivity contribution is 0.168. The summed E-state index contributed by atoms with van der Waals surface area (Å²) in [6.07, 6.45) is 12.3. The maximum atomic E-state index is 4.53. The molecule has 0 aliphatic carbocycles. The van der Waals surface area contributed by atoms with E-state index in [9.17, 15) is 0 Å². The summed E-state index contributed by atoms with van der Waals surface area (Å²) in [7, 11) is 0. The number of aromatic nitrogens is 4. The zero-order chi connectivity index (χ0) is 24.0. The van der Waals surface area contributed by atoms with Crippen molar-refractivity contribution in [2.75, 3.05) is 32.7 Å². The van der Waals surface area contributed by atoms with E-state index >= 15 is 0 Å². The van der Waals surface area contributed by atoms with Crippen LogP contribution in [0.25, 0.3) is 0 Å². The molecule has 0 bridgehead atoms. The number of nitrogens with one attached hydrogen (secondary N) is 3. The normalized spacial score (nSPS) is 13.6. The van der Waals surface area contributed by atoms with Crippen molar-refractivity contribution in [3.05, 3.63) is 72.3 Å². The van der Waals surface area contributed by atoms with Crippen LogP contribution in [0.1, 0.15) is 75.8 Å². The molecule has 2 aromatic heterocycles. The highest BCUT2D eigenvalue weighted by molar-refractivity contribution is 5.19. The number of rotatable bonds is 17. The Balaban J connectivity index is 1.63. The zero-order valence-electron chi connectivity index (χ0n) is 21.2. The molecule has 1 aromatic carbocycles. The van der Waals surface area contributed by atoms with Crippen LogP contribution in [-0.2, 0) is 6.54 Å². The van der Waals surface area contributed by atoms with Crippen molar-refractivity contribution in [2.24, 2.45) is 0 Å². The summed E-state index contributed by atoms with van der Waals surface area (Å²) < 4.78 is 0. The Hall–Kier alpha value is -2.48. The molecule has 7 heteroatoms. The van der Waals surface area contributed by atoms with Crippen molar-refractivity contribution in [3.63, 3.8) is 0 Å². The number of H-pyrrole nitrogens is 2. The maximum absolute atomic E-state index is 4.53. The third kappa shape index (κ3) is 8.38. The fourth-order valence-corrected chi connectivity index (χ4v) is 4.53. The molecule has 0 spiro atoms. The minimum Gasteiger partial charge on any atom is -0.348 e. The van der Waals surface area contributed by atoms with Crippen molar-refractivity contribution < 1.29 is 0 Å². The number of unbranched alkanes of at least 4 members (excludes halogenated alkanes) is 1. The van der Waals surface area contributed by atoms with E-state index < -0.39 is 0 Å². The first-order chi connectivity index (χ1) is 16.7. The Labute approximate surface area is 205 Å². The van der Waals surface area contributed by atoms with Gasteiger partial charge in [0.05, 0.1) is 12.6 Å². The summed E-state index contributed by atoms with van der Waals surface area (Å²) >= 11 is 0.